The van der Waals surface area contributed by atoms with Crippen molar-refractivity contribution >= 4 is 17.9 Å². The molecule has 1 N–H and O–H groups in total. The second-order valence-corrected chi connectivity index (χ2v) is 3.85. The number of benzene rings is 2. The zero-order valence-electron chi connectivity index (χ0n) is 10.5. The lowest BCUT2D eigenvalue weighted by atomic mass is 10.2. The second kappa shape index (κ2) is 6.35. The monoisotopic (exact) mass is 254 g/mol. The molecule has 0 aromatic heterocycles. The van der Waals surface area contributed by atoms with Gasteiger partial charge < -0.3 is 4.74 Å². The minimum absolute atomic E-state index is 0.348. The van der Waals surface area contributed by atoms with Crippen molar-refractivity contribution in [1.29, 1.82) is 0 Å². The molecule has 0 saturated heterocycles. The zero-order valence-corrected chi connectivity index (χ0v) is 10.5. The van der Waals surface area contributed by atoms with Gasteiger partial charge in [-0.15, -0.1) is 0 Å². The van der Waals surface area contributed by atoms with Crippen LogP contribution in [0.2, 0.25) is 0 Å². The summed E-state index contributed by atoms with van der Waals surface area (Å²) < 4.78 is 4.63. The maximum atomic E-state index is 11.3. The largest absolute Gasteiger partial charge is 0.465 e. The lowest BCUT2D eigenvalue weighted by Gasteiger charge is -2.02. The van der Waals surface area contributed by atoms with E-state index in [1.165, 1.54) is 7.11 Å². The van der Waals surface area contributed by atoms with Gasteiger partial charge in [0.1, 0.15) is 0 Å². The first-order valence-corrected chi connectivity index (χ1v) is 5.82. The van der Waals surface area contributed by atoms with Gasteiger partial charge >= 0.3 is 5.97 Å². The lowest BCUT2D eigenvalue weighted by Crippen LogP contribution is -2.00. The van der Waals surface area contributed by atoms with Crippen LogP contribution in [-0.2, 0) is 4.74 Å². The summed E-state index contributed by atoms with van der Waals surface area (Å²) >= 11 is 0. The first-order chi connectivity index (χ1) is 9.29. The van der Waals surface area contributed by atoms with E-state index in [0.717, 1.165) is 11.3 Å². The smallest absolute Gasteiger partial charge is 0.337 e. The number of esters is 1. The Bertz CT molecular complexity index is 562. The van der Waals surface area contributed by atoms with Crippen LogP contribution >= 0.6 is 0 Å². The van der Waals surface area contributed by atoms with Gasteiger partial charge in [0, 0.05) is 0 Å². The molecule has 0 fully saturated rings. The van der Waals surface area contributed by atoms with Crippen LogP contribution in [0.15, 0.2) is 59.7 Å². The SMILES string of the molecule is COC(=O)c1ccc(N/N=C/c2ccccc2)cc1. The molecule has 4 heteroatoms. The molecule has 0 amide bonds. The molecule has 19 heavy (non-hydrogen) atoms. The minimum atomic E-state index is -0.348. The van der Waals surface area contributed by atoms with Crippen LogP contribution in [0.25, 0.3) is 0 Å². The van der Waals surface area contributed by atoms with Crippen LogP contribution in [0, 0.1) is 0 Å². The molecular weight excluding hydrogens is 240 g/mol. The van der Waals surface area contributed by atoms with Gasteiger partial charge in [-0.05, 0) is 29.8 Å². The molecule has 0 unspecified atom stereocenters. The Morgan fingerprint density at radius 3 is 2.42 bits per heavy atom. The van der Waals surface area contributed by atoms with Crippen molar-refractivity contribution in [3.63, 3.8) is 0 Å². The van der Waals surface area contributed by atoms with Crippen molar-refractivity contribution in [3.8, 4) is 0 Å². The molecule has 96 valence electrons. The van der Waals surface area contributed by atoms with Gasteiger partial charge in [0.05, 0.1) is 24.6 Å². The van der Waals surface area contributed by atoms with E-state index in [1.54, 1.807) is 30.5 Å². The number of hydrogen-bond acceptors (Lipinski definition) is 4. The summed E-state index contributed by atoms with van der Waals surface area (Å²) in [6.07, 6.45) is 1.73. The van der Waals surface area contributed by atoms with Gasteiger partial charge in [0.2, 0.25) is 0 Å². The molecule has 4 nitrogen and oxygen atoms in total. The quantitative estimate of drug-likeness (QED) is 0.518. The number of carbonyl (C=O) groups excluding carboxylic acids is 1. The van der Waals surface area contributed by atoms with Crippen molar-refractivity contribution in [2.24, 2.45) is 5.10 Å². The molecule has 0 aliphatic rings. The molecule has 0 radical (unpaired) electrons. The van der Waals surface area contributed by atoms with E-state index in [4.69, 9.17) is 0 Å². The Labute approximate surface area is 111 Å². The summed E-state index contributed by atoms with van der Waals surface area (Å²) in [4.78, 5) is 11.3. The molecule has 0 bridgehead atoms. The third-order valence-electron chi connectivity index (χ3n) is 2.51. The van der Waals surface area contributed by atoms with Gasteiger partial charge in [0.15, 0.2) is 0 Å². The van der Waals surface area contributed by atoms with E-state index in [-0.39, 0.29) is 5.97 Å². The maximum Gasteiger partial charge on any atom is 0.337 e. The number of carbonyl (C=O) groups is 1. The molecule has 2 aromatic rings. The van der Waals surface area contributed by atoms with E-state index in [2.05, 4.69) is 15.3 Å². The minimum Gasteiger partial charge on any atom is -0.465 e. The number of nitrogens with zero attached hydrogens (tertiary/aromatic N) is 1. The first-order valence-electron chi connectivity index (χ1n) is 5.82. The third-order valence-corrected chi connectivity index (χ3v) is 2.51. The Balaban J connectivity index is 1.97. The lowest BCUT2D eigenvalue weighted by molar-refractivity contribution is 0.0601. The standard InChI is InChI=1S/C15H14N2O2/c1-19-15(18)13-7-9-14(10-8-13)17-16-11-12-5-3-2-4-6-12/h2-11,17H,1H3/b16-11+. The molecule has 0 saturated carbocycles. The summed E-state index contributed by atoms with van der Waals surface area (Å²) in [7, 11) is 1.36. The van der Waals surface area contributed by atoms with Crippen LogP contribution in [0.5, 0.6) is 0 Å². The highest BCUT2D eigenvalue weighted by Gasteiger charge is 2.03. The highest BCUT2D eigenvalue weighted by molar-refractivity contribution is 5.89. The fourth-order valence-corrected chi connectivity index (χ4v) is 1.52. The van der Waals surface area contributed by atoms with E-state index in [9.17, 15) is 4.79 Å². The summed E-state index contributed by atoms with van der Waals surface area (Å²) in [6, 6.07) is 16.7. The number of anilines is 1. The Kier molecular flexibility index (Phi) is 4.29. The fourth-order valence-electron chi connectivity index (χ4n) is 1.52. The molecule has 0 spiro atoms. The summed E-state index contributed by atoms with van der Waals surface area (Å²) in [5.74, 6) is -0.348. The van der Waals surface area contributed by atoms with Crippen LogP contribution in [0.3, 0.4) is 0 Å². The molecule has 2 rings (SSSR count). The summed E-state index contributed by atoms with van der Waals surface area (Å²) in [5, 5.41) is 4.12. The topological polar surface area (TPSA) is 50.7 Å². The zero-order chi connectivity index (χ0) is 13.5. The molecular formula is C15H14N2O2. The Morgan fingerprint density at radius 1 is 1.11 bits per heavy atom. The summed E-state index contributed by atoms with van der Waals surface area (Å²) in [5.41, 5.74) is 5.23. The molecule has 0 atom stereocenters. The molecule has 0 aliphatic heterocycles. The third kappa shape index (κ3) is 3.67. The Hall–Kier alpha value is -2.62. The number of methoxy groups -OCH3 is 1. The average Bonchev–Trinajstić information content (AvgIpc) is 2.48. The maximum absolute atomic E-state index is 11.3. The fraction of sp³-hybridized carbons (Fsp3) is 0.0667. The van der Waals surface area contributed by atoms with Crippen LogP contribution in [0.4, 0.5) is 5.69 Å². The molecule has 0 heterocycles. The number of ether oxygens (including phenoxy) is 1. The first kappa shape index (κ1) is 12.8. The van der Waals surface area contributed by atoms with Crippen molar-refractivity contribution < 1.29 is 9.53 Å². The van der Waals surface area contributed by atoms with Gasteiger partial charge in [-0.25, -0.2) is 4.79 Å². The van der Waals surface area contributed by atoms with E-state index in [1.807, 2.05) is 30.3 Å². The van der Waals surface area contributed by atoms with Gasteiger partial charge in [0.25, 0.3) is 0 Å². The average molecular weight is 254 g/mol. The Morgan fingerprint density at radius 2 is 1.79 bits per heavy atom. The second-order valence-electron chi connectivity index (χ2n) is 3.85. The predicted octanol–water partition coefficient (Wildman–Crippen LogP) is 2.92. The van der Waals surface area contributed by atoms with Crippen LogP contribution in [-0.4, -0.2) is 19.3 Å². The highest BCUT2D eigenvalue weighted by atomic mass is 16.5. The predicted molar refractivity (Wildman–Crippen MR) is 75.4 cm³/mol. The van der Waals surface area contributed by atoms with Crippen molar-refractivity contribution in [3.05, 3.63) is 65.7 Å². The normalized spacial score (nSPS) is 10.4. The van der Waals surface area contributed by atoms with Gasteiger partial charge in [-0.3, -0.25) is 5.43 Å². The molecule has 0 aliphatic carbocycles. The van der Waals surface area contributed by atoms with Crippen LogP contribution in [0.1, 0.15) is 15.9 Å². The van der Waals surface area contributed by atoms with E-state index in [0.29, 0.717) is 5.56 Å². The number of hydrogen-bond donors (Lipinski definition) is 1. The number of rotatable bonds is 4. The van der Waals surface area contributed by atoms with Crippen molar-refractivity contribution in [2.75, 3.05) is 12.5 Å². The van der Waals surface area contributed by atoms with Crippen molar-refractivity contribution in [1.82, 2.24) is 0 Å². The molecule has 2 aromatic carbocycles. The van der Waals surface area contributed by atoms with Crippen LogP contribution < -0.4 is 5.43 Å². The van der Waals surface area contributed by atoms with E-state index < -0.39 is 0 Å². The number of nitrogens with one attached hydrogen (secondary N) is 1. The summed E-state index contributed by atoms with van der Waals surface area (Å²) in [6.45, 7) is 0. The van der Waals surface area contributed by atoms with Gasteiger partial charge in [-0.2, -0.15) is 5.10 Å². The van der Waals surface area contributed by atoms with E-state index >= 15 is 0 Å². The van der Waals surface area contributed by atoms with Gasteiger partial charge in [-0.1, -0.05) is 30.3 Å². The highest BCUT2D eigenvalue weighted by Crippen LogP contribution is 2.10. The van der Waals surface area contributed by atoms with Crippen molar-refractivity contribution in [2.45, 2.75) is 0 Å². The number of hydrazone groups is 1.